The van der Waals surface area contributed by atoms with Crippen LogP contribution in [0.4, 0.5) is 0 Å². The number of carbonyl (C=O) groups excluding carboxylic acids is 1. The number of amides is 1. The van der Waals surface area contributed by atoms with Gasteiger partial charge in [0, 0.05) is 28.6 Å². The number of aromatic nitrogens is 1. The van der Waals surface area contributed by atoms with Crippen molar-refractivity contribution in [2.75, 3.05) is 19.6 Å². The minimum absolute atomic E-state index is 0.0216. The molecule has 1 aliphatic rings. The Morgan fingerprint density at radius 1 is 1.45 bits per heavy atom. The van der Waals surface area contributed by atoms with Crippen molar-refractivity contribution >= 4 is 33.2 Å². The molecule has 0 radical (unpaired) electrons. The summed E-state index contributed by atoms with van der Waals surface area (Å²) in [5, 5.41) is 5.17. The van der Waals surface area contributed by atoms with Gasteiger partial charge < -0.3 is 10.3 Å². The first-order valence-electron chi connectivity index (χ1n) is 7.57. The number of halogens is 1. The smallest absolute Gasteiger partial charge is 0.267 e. The average molecular weight is 382 g/mol. The van der Waals surface area contributed by atoms with Crippen LogP contribution >= 0.6 is 27.3 Å². The van der Waals surface area contributed by atoms with Gasteiger partial charge in [0.15, 0.2) is 0 Å². The lowest BCUT2D eigenvalue weighted by Crippen LogP contribution is -2.38. The fourth-order valence-electron chi connectivity index (χ4n) is 2.80. The van der Waals surface area contributed by atoms with Crippen LogP contribution in [-0.2, 0) is 6.54 Å². The second-order valence-corrected chi connectivity index (χ2v) is 7.69. The molecule has 0 aliphatic carbocycles. The van der Waals surface area contributed by atoms with E-state index in [9.17, 15) is 4.79 Å². The van der Waals surface area contributed by atoms with Crippen molar-refractivity contribution < 1.29 is 4.79 Å². The highest BCUT2D eigenvalue weighted by molar-refractivity contribution is 9.10. The number of nitrogens with one attached hydrogen (secondary N) is 2. The van der Waals surface area contributed by atoms with E-state index in [2.05, 4.69) is 48.6 Å². The summed E-state index contributed by atoms with van der Waals surface area (Å²) in [6.07, 6.45) is 4.08. The molecule has 0 aromatic carbocycles. The van der Waals surface area contributed by atoms with Crippen molar-refractivity contribution in [2.24, 2.45) is 5.92 Å². The molecule has 0 spiro atoms. The molecule has 1 saturated heterocycles. The third-order valence-electron chi connectivity index (χ3n) is 4.11. The number of carbonyl (C=O) groups is 1. The minimum Gasteiger partial charge on any atom is -0.356 e. The maximum atomic E-state index is 12.0. The highest BCUT2D eigenvalue weighted by atomic mass is 79.9. The molecule has 3 rings (SSSR count). The van der Waals surface area contributed by atoms with Crippen LogP contribution in [0.2, 0.25) is 0 Å². The second kappa shape index (κ2) is 7.44. The van der Waals surface area contributed by atoms with Gasteiger partial charge in [0.1, 0.15) is 5.69 Å². The first-order chi connectivity index (χ1) is 10.7. The number of nitrogens with zero attached hydrogens (tertiary/aromatic N) is 1. The van der Waals surface area contributed by atoms with E-state index < -0.39 is 0 Å². The van der Waals surface area contributed by atoms with Crippen molar-refractivity contribution in [1.82, 2.24) is 15.2 Å². The van der Waals surface area contributed by atoms with E-state index in [-0.39, 0.29) is 5.91 Å². The van der Waals surface area contributed by atoms with Crippen LogP contribution in [0.1, 0.15) is 28.2 Å². The summed E-state index contributed by atoms with van der Waals surface area (Å²) in [6, 6.07) is 6.12. The molecule has 4 nitrogen and oxygen atoms in total. The third kappa shape index (κ3) is 4.21. The maximum absolute atomic E-state index is 12.0. The molecule has 1 amide bonds. The molecule has 0 saturated carbocycles. The average Bonchev–Trinajstić information content (AvgIpc) is 3.18. The topological polar surface area (TPSA) is 48.1 Å². The van der Waals surface area contributed by atoms with Gasteiger partial charge in [-0.15, -0.1) is 11.3 Å². The first-order valence-corrected chi connectivity index (χ1v) is 9.25. The minimum atomic E-state index is -0.0216. The molecule has 1 fully saturated rings. The fraction of sp³-hybridized carbons (Fsp3) is 0.438. The van der Waals surface area contributed by atoms with E-state index in [0.717, 1.165) is 43.5 Å². The van der Waals surface area contributed by atoms with E-state index in [1.807, 2.05) is 11.3 Å². The summed E-state index contributed by atoms with van der Waals surface area (Å²) < 4.78 is 0.902. The summed E-state index contributed by atoms with van der Waals surface area (Å²) in [7, 11) is 0. The number of likely N-dealkylation sites (tertiary alicyclic amines) is 1. The SMILES string of the molecule is O=C(NCC1CCN(Cc2cccs2)CC1)c1cc(Br)c[nH]1. The van der Waals surface area contributed by atoms with Gasteiger partial charge in [0.25, 0.3) is 5.91 Å². The van der Waals surface area contributed by atoms with E-state index in [0.29, 0.717) is 11.6 Å². The normalized spacial score (nSPS) is 16.8. The molecule has 0 atom stereocenters. The van der Waals surface area contributed by atoms with E-state index in [1.165, 1.54) is 4.88 Å². The predicted molar refractivity (Wildman–Crippen MR) is 93.1 cm³/mol. The molecule has 2 N–H and O–H groups in total. The number of piperidine rings is 1. The molecular formula is C16H20BrN3OS. The van der Waals surface area contributed by atoms with Gasteiger partial charge in [-0.1, -0.05) is 6.07 Å². The maximum Gasteiger partial charge on any atom is 0.267 e. The van der Waals surface area contributed by atoms with Crippen LogP contribution in [0.15, 0.2) is 34.2 Å². The molecule has 22 heavy (non-hydrogen) atoms. The monoisotopic (exact) mass is 381 g/mol. The zero-order valence-corrected chi connectivity index (χ0v) is 14.8. The van der Waals surface area contributed by atoms with Crippen LogP contribution in [0.5, 0.6) is 0 Å². The van der Waals surface area contributed by atoms with Crippen molar-refractivity contribution in [3.63, 3.8) is 0 Å². The Morgan fingerprint density at radius 2 is 2.27 bits per heavy atom. The van der Waals surface area contributed by atoms with Gasteiger partial charge in [-0.05, 0) is 65.3 Å². The van der Waals surface area contributed by atoms with E-state index >= 15 is 0 Å². The molecule has 2 aromatic heterocycles. The largest absolute Gasteiger partial charge is 0.356 e. The van der Waals surface area contributed by atoms with Gasteiger partial charge in [-0.3, -0.25) is 9.69 Å². The number of hydrogen-bond donors (Lipinski definition) is 2. The van der Waals surface area contributed by atoms with Crippen molar-refractivity contribution in [3.8, 4) is 0 Å². The summed E-state index contributed by atoms with van der Waals surface area (Å²) in [5.74, 6) is 0.564. The van der Waals surface area contributed by atoms with Crippen LogP contribution in [0.3, 0.4) is 0 Å². The predicted octanol–water partition coefficient (Wildman–Crippen LogP) is 3.48. The van der Waals surface area contributed by atoms with E-state index in [4.69, 9.17) is 0 Å². The van der Waals surface area contributed by atoms with Crippen LogP contribution in [0.25, 0.3) is 0 Å². The lowest BCUT2D eigenvalue weighted by Gasteiger charge is -2.31. The molecule has 118 valence electrons. The Labute approximate surface area is 143 Å². The Balaban J connectivity index is 1.39. The highest BCUT2D eigenvalue weighted by Gasteiger charge is 2.20. The Kier molecular flexibility index (Phi) is 5.33. The van der Waals surface area contributed by atoms with Crippen molar-refractivity contribution in [3.05, 3.63) is 44.8 Å². The molecular weight excluding hydrogens is 362 g/mol. The van der Waals surface area contributed by atoms with Gasteiger partial charge in [0.05, 0.1) is 0 Å². The van der Waals surface area contributed by atoms with Gasteiger partial charge in [0.2, 0.25) is 0 Å². The number of H-pyrrole nitrogens is 1. The lowest BCUT2D eigenvalue weighted by molar-refractivity contribution is 0.0931. The lowest BCUT2D eigenvalue weighted by atomic mass is 9.96. The van der Waals surface area contributed by atoms with Gasteiger partial charge in [-0.2, -0.15) is 0 Å². The van der Waals surface area contributed by atoms with Crippen molar-refractivity contribution in [2.45, 2.75) is 19.4 Å². The highest BCUT2D eigenvalue weighted by Crippen LogP contribution is 2.20. The molecule has 0 bridgehead atoms. The summed E-state index contributed by atoms with van der Waals surface area (Å²) in [5.41, 5.74) is 0.613. The van der Waals surface area contributed by atoms with Crippen LogP contribution in [0, 0.1) is 5.92 Å². The van der Waals surface area contributed by atoms with Crippen LogP contribution in [-0.4, -0.2) is 35.4 Å². The fourth-order valence-corrected chi connectivity index (χ4v) is 3.89. The molecule has 1 aliphatic heterocycles. The van der Waals surface area contributed by atoms with Gasteiger partial charge in [-0.25, -0.2) is 0 Å². The standard InChI is InChI=1S/C16H20BrN3OS/c17-13-8-15(18-10-13)16(21)19-9-12-3-5-20(6-4-12)11-14-2-1-7-22-14/h1-2,7-8,10,12,18H,3-6,9,11H2,(H,19,21). The zero-order chi connectivity index (χ0) is 15.4. The number of hydrogen-bond acceptors (Lipinski definition) is 3. The van der Waals surface area contributed by atoms with E-state index in [1.54, 1.807) is 12.3 Å². The van der Waals surface area contributed by atoms with Gasteiger partial charge >= 0.3 is 0 Å². The third-order valence-corrected chi connectivity index (χ3v) is 5.43. The summed E-state index contributed by atoms with van der Waals surface area (Å²) in [4.78, 5) is 18.9. The second-order valence-electron chi connectivity index (χ2n) is 5.74. The number of aromatic amines is 1. The summed E-state index contributed by atoms with van der Waals surface area (Å²) >= 11 is 5.17. The molecule has 3 heterocycles. The Hall–Kier alpha value is -1.11. The molecule has 2 aromatic rings. The first kappa shape index (κ1) is 15.8. The molecule has 0 unspecified atom stereocenters. The van der Waals surface area contributed by atoms with Crippen LogP contribution < -0.4 is 5.32 Å². The zero-order valence-electron chi connectivity index (χ0n) is 12.3. The number of rotatable bonds is 5. The number of thiophene rings is 1. The van der Waals surface area contributed by atoms with Crippen molar-refractivity contribution in [1.29, 1.82) is 0 Å². The Morgan fingerprint density at radius 3 is 2.91 bits per heavy atom. The Bertz CT molecular complexity index is 603. The quantitative estimate of drug-likeness (QED) is 0.832. The summed E-state index contributed by atoms with van der Waals surface area (Å²) in [6.45, 7) is 4.06. The molecule has 6 heteroatoms.